The summed E-state index contributed by atoms with van der Waals surface area (Å²) in [6.45, 7) is 2.16. The number of benzene rings is 2. The molecule has 0 radical (unpaired) electrons. The summed E-state index contributed by atoms with van der Waals surface area (Å²) in [6.07, 6.45) is 3.78. The molecule has 1 atom stereocenters. The lowest BCUT2D eigenvalue weighted by atomic mass is 9.95. The monoisotopic (exact) mass is 293 g/mol. The van der Waals surface area contributed by atoms with Crippen LogP contribution >= 0.6 is 11.3 Å². The van der Waals surface area contributed by atoms with E-state index in [1.165, 1.54) is 51.6 Å². The van der Waals surface area contributed by atoms with Gasteiger partial charge in [0.15, 0.2) is 0 Å². The summed E-state index contributed by atoms with van der Waals surface area (Å²) < 4.78 is 0. The van der Waals surface area contributed by atoms with E-state index in [9.17, 15) is 0 Å². The fourth-order valence-corrected chi connectivity index (χ4v) is 4.68. The van der Waals surface area contributed by atoms with Crippen LogP contribution in [0.3, 0.4) is 0 Å². The molecule has 0 amide bonds. The second-order valence-corrected chi connectivity index (χ2v) is 7.11. The molecule has 1 heterocycles. The minimum absolute atomic E-state index is 0.00824. The largest absolute Gasteiger partial charge is 0.320 e. The summed E-state index contributed by atoms with van der Waals surface area (Å²) in [4.78, 5) is 2.87. The highest BCUT2D eigenvalue weighted by molar-refractivity contribution is 7.12. The van der Waals surface area contributed by atoms with Gasteiger partial charge in [-0.2, -0.15) is 0 Å². The lowest BCUT2D eigenvalue weighted by molar-refractivity contribution is 0.888. The molecule has 0 bridgehead atoms. The van der Waals surface area contributed by atoms with Crippen molar-refractivity contribution in [3.63, 3.8) is 0 Å². The number of aryl methyl sites for hydroxylation is 3. The van der Waals surface area contributed by atoms with E-state index >= 15 is 0 Å². The maximum Gasteiger partial charge on any atom is 0.0652 e. The molecule has 4 rings (SSSR count). The molecule has 1 aliphatic carbocycles. The van der Waals surface area contributed by atoms with Gasteiger partial charge < -0.3 is 5.73 Å². The van der Waals surface area contributed by atoms with Crippen LogP contribution in [0.4, 0.5) is 0 Å². The van der Waals surface area contributed by atoms with E-state index in [4.69, 9.17) is 5.73 Å². The zero-order valence-electron chi connectivity index (χ0n) is 12.2. The van der Waals surface area contributed by atoms with Crippen LogP contribution in [-0.2, 0) is 12.8 Å². The maximum absolute atomic E-state index is 6.60. The summed E-state index contributed by atoms with van der Waals surface area (Å²) in [6, 6.07) is 15.3. The molecule has 0 saturated carbocycles. The van der Waals surface area contributed by atoms with E-state index in [2.05, 4.69) is 49.4 Å². The third-order valence-electron chi connectivity index (χ3n) is 4.58. The van der Waals surface area contributed by atoms with Gasteiger partial charge in [-0.3, -0.25) is 0 Å². The van der Waals surface area contributed by atoms with Gasteiger partial charge in [0.2, 0.25) is 0 Å². The molecule has 1 aliphatic rings. The molecular formula is C19H19NS. The van der Waals surface area contributed by atoms with Crippen molar-refractivity contribution in [2.45, 2.75) is 32.2 Å². The van der Waals surface area contributed by atoms with E-state index < -0.39 is 0 Å². The molecule has 106 valence electrons. The molecule has 1 nitrogen and oxygen atoms in total. The van der Waals surface area contributed by atoms with E-state index in [0.717, 1.165) is 0 Å². The molecule has 2 heteroatoms. The number of hydrogen-bond donors (Lipinski definition) is 1. The fraction of sp³-hybridized carbons (Fsp3) is 0.263. The molecule has 2 N–H and O–H groups in total. The Kier molecular flexibility index (Phi) is 3.09. The van der Waals surface area contributed by atoms with Crippen molar-refractivity contribution >= 4 is 22.1 Å². The molecule has 3 aromatic rings. The molecule has 1 aromatic heterocycles. The summed E-state index contributed by atoms with van der Waals surface area (Å²) in [5.74, 6) is 0. The molecule has 2 aromatic carbocycles. The van der Waals surface area contributed by atoms with Crippen LogP contribution in [0.5, 0.6) is 0 Å². The van der Waals surface area contributed by atoms with Gasteiger partial charge in [0.25, 0.3) is 0 Å². The minimum Gasteiger partial charge on any atom is -0.320 e. The normalized spacial score (nSPS) is 15.3. The van der Waals surface area contributed by atoms with Crippen molar-refractivity contribution in [2.75, 3.05) is 0 Å². The highest BCUT2D eigenvalue weighted by Gasteiger charge is 2.20. The second-order valence-electron chi connectivity index (χ2n) is 5.95. The number of nitrogens with two attached hydrogens (primary N) is 1. The third kappa shape index (κ3) is 2.10. The Morgan fingerprint density at radius 2 is 1.86 bits per heavy atom. The number of hydrogen-bond acceptors (Lipinski definition) is 2. The molecule has 0 spiro atoms. The van der Waals surface area contributed by atoms with Crippen molar-refractivity contribution in [1.82, 2.24) is 0 Å². The summed E-state index contributed by atoms with van der Waals surface area (Å²) in [7, 11) is 0. The second kappa shape index (κ2) is 4.97. The fourth-order valence-electron chi connectivity index (χ4n) is 3.40. The van der Waals surface area contributed by atoms with Crippen molar-refractivity contribution < 1.29 is 0 Å². The zero-order valence-corrected chi connectivity index (χ0v) is 13.0. The molecule has 0 aliphatic heterocycles. The van der Waals surface area contributed by atoms with Gasteiger partial charge in [-0.15, -0.1) is 11.3 Å². The van der Waals surface area contributed by atoms with Crippen LogP contribution in [0.25, 0.3) is 10.8 Å². The number of rotatable bonds is 2. The van der Waals surface area contributed by atoms with Crippen LogP contribution in [0, 0.1) is 6.92 Å². The summed E-state index contributed by atoms with van der Waals surface area (Å²) in [5.41, 5.74) is 10.7. The Hall–Kier alpha value is -1.64. The van der Waals surface area contributed by atoms with E-state index in [1.807, 2.05) is 11.3 Å². The van der Waals surface area contributed by atoms with E-state index in [-0.39, 0.29) is 6.04 Å². The Labute approximate surface area is 129 Å². The number of thiophene rings is 1. The van der Waals surface area contributed by atoms with Gasteiger partial charge >= 0.3 is 0 Å². The molecule has 1 unspecified atom stereocenters. The Morgan fingerprint density at radius 3 is 2.67 bits per heavy atom. The minimum atomic E-state index is -0.00824. The molecule has 21 heavy (non-hydrogen) atoms. The Morgan fingerprint density at radius 1 is 1.05 bits per heavy atom. The first-order valence-electron chi connectivity index (χ1n) is 7.59. The Balaban J connectivity index is 1.83. The van der Waals surface area contributed by atoms with Gasteiger partial charge in [-0.05, 0) is 59.7 Å². The maximum atomic E-state index is 6.60. The first-order valence-corrected chi connectivity index (χ1v) is 8.41. The summed E-state index contributed by atoms with van der Waals surface area (Å²) >= 11 is 1.91. The summed E-state index contributed by atoms with van der Waals surface area (Å²) in [5, 5.41) is 2.60. The first kappa shape index (κ1) is 13.1. The van der Waals surface area contributed by atoms with Crippen molar-refractivity contribution in [2.24, 2.45) is 5.73 Å². The lowest BCUT2D eigenvalue weighted by Crippen LogP contribution is -2.11. The molecule has 0 saturated heterocycles. The van der Waals surface area contributed by atoms with Gasteiger partial charge in [-0.1, -0.05) is 36.4 Å². The van der Waals surface area contributed by atoms with Gasteiger partial charge in [-0.25, -0.2) is 0 Å². The average molecular weight is 293 g/mol. The van der Waals surface area contributed by atoms with Crippen LogP contribution in [0.15, 0.2) is 42.5 Å². The Bertz CT molecular complexity index is 794. The average Bonchev–Trinajstić information content (AvgIpc) is 3.08. The third-order valence-corrected chi connectivity index (χ3v) is 5.90. The van der Waals surface area contributed by atoms with Gasteiger partial charge in [0.1, 0.15) is 0 Å². The highest BCUT2D eigenvalue weighted by atomic mass is 32.1. The standard InChI is InChI=1S/C19H19NS/c1-12-9-10-16(15-7-3-2-6-14(12)15)19(20)18-11-13-5-4-8-17(13)21-18/h2-3,6-7,9-11,19H,4-5,8,20H2,1H3. The topological polar surface area (TPSA) is 26.0 Å². The zero-order chi connectivity index (χ0) is 14.4. The van der Waals surface area contributed by atoms with Crippen molar-refractivity contribution in [3.05, 3.63) is 68.9 Å². The van der Waals surface area contributed by atoms with E-state index in [1.54, 1.807) is 4.88 Å². The lowest BCUT2D eigenvalue weighted by Gasteiger charge is -2.15. The van der Waals surface area contributed by atoms with Crippen LogP contribution in [0.1, 0.15) is 38.9 Å². The van der Waals surface area contributed by atoms with Gasteiger partial charge in [0, 0.05) is 9.75 Å². The van der Waals surface area contributed by atoms with Crippen LogP contribution in [0.2, 0.25) is 0 Å². The van der Waals surface area contributed by atoms with Crippen LogP contribution < -0.4 is 5.73 Å². The SMILES string of the molecule is Cc1ccc(C(N)c2cc3c(s2)CCC3)c2ccccc12. The predicted octanol–water partition coefficient (Wildman–Crippen LogP) is 4.75. The van der Waals surface area contributed by atoms with Crippen LogP contribution in [-0.4, -0.2) is 0 Å². The first-order chi connectivity index (χ1) is 10.2. The predicted molar refractivity (Wildman–Crippen MR) is 91.1 cm³/mol. The van der Waals surface area contributed by atoms with Crippen molar-refractivity contribution in [3.8, 4) is 0 Å². The quantitative estimate of drug-likeness (QED) is 0.725. The van der Waals surface area contributed by atoms with Gasteiger partial charge in [0.05, 0.1) is 6.04 Å². The van der Waals surface area contributed by atoms with Crippen molar-refractivity contribution in [1.29, 1.82) is 0 Å². The highest BCUT2D eigenvalue weighted by Crippen LogP contribution is 2.37. The molecule has 0 fully saturated rings. The molecular weight excluding hydrogens is 274 g/mol. The number of fused-ring (bicyclic) bond motifs is 2. The smallest absolute Gasteiger partial charge is 0.0652 e. The van der Waals surface area contributed by atoms with E-state index in [0.29, 0.717) is 0 Å².